The van der Waals surface area contributed by atoms with E-state index in [2.05, 4.69) is 15.3 Å². The van der Waals surface area contributed by atoms with E-state index in [0.717, 1.165) is 16.6 Å². The van der Waals surface area contributed by atoms with Crippen molar-refractivity contribution < 1.29 is 9.59 Å². The molecule has 7 nitrogen and oxygen atoms in total. The first kappa shape index (κ1) is 21.1. The van der Waals surface area contributed by atoms with Gasteiger partial charge in [0, 0.05) is 29.2 Å². The average molecular weight is 438 g/mol. The fourth-order valence-electron chi connectivity index (χ4n) is 3.71. The fraction of sp³-hybridized carbons (Fsp3) is 0.261. The molecule has 0 radical (unpaired) electrons. The van der Waals surface area contributed by atoms with Crippen LogP contribution in [0.4, 0.5) is 0 Å². The smallest absolute Gasteiger partial charge is 0.254 e. The Kier molecular flexibility index (Phi) is 6.06. The second-order valence-corrected chi connectivity index (χ2v) is 8.03. The van der Waals surface area contributed by atoms with Crippen molar-refractivity contribution in [1.29, 1.82) is 0 Å². The van der Waals surface area contributed by atoms with Crippen molar-refractivity contribution >= 4 is 34.4 Å². The van der Waals surface area contributed by atoms with Gasteiger partial charge in [0.05, 0.1) is 17.1 Å². The number of aromatic nitrogens is 2. The van der Waals surface area contributed by atoms with E-state index >= 15 is 0 Å². The molecule has 1 aromatic heterocycles. The molecule has 0 spiro atoms. The van der Waals surface area contributed by atoms with Gasteiger partial charge in [0.25, 0.3) is 11.8 Å². The van der Waals surface area contributed by atoms with Crippen molar-refractivity contribution in [3.8, 4) is 0 Å². The maximum atomic E-state index is 12.9. The summed E-state index contributed by atoms with van der Waals surface area (Å²) in [5, 5.41) is 3.60. The zero-order valence-corrected chi connectivity index (χ0v) is 17.9. The van der Waals surface area contributed by atoms with Crippen LogP contribution in [0.3, 0.4) is 0 Å². The third-order valence-electron chi connectivity index (χ3n) is 5.38. The van der Waals surface area contributed by atoms with Crippen LogP contribution in [0.25, 0.3) is 11.0 Å². The van der Waals surface area contributed by atoms with Crippen LogP contribution in [0.1, 0.15) is 44.6 Å². The predicted octanol–water partition coefficient (Wildman–Crippen LogP) is 3.36. The zero-order chi connectivity index (χ0) is 22.0. The van der Waals surface area contributed by atoms with Crippen LogP contribution in [-0.2, 0) is 0 Å². The van der Waals surface area contributed by atoms with Crippen molar-refractivity contribution in [3.63, 3.8) is 0 Å². The summed E-state index contributed by atoms with van der Waals surface area (Å²) in [5.74, 6) is 0.347. The summed E-state index contributed by atoms with van der Waals surface area (Å²) in [4.78, 5) is 35.2. The second-order valence-electron chi connectivity index (χ2n) is 7.60. The first-order valence-electron chi connectivity index (χ1n) is 10.2. The molecule has 1 aliphatic rings. The lowest BCUT2D eigenvalue weighted by Crippen LogP contribution is -2.31. The summed E-state index contributed by atoms with van der Waals surface area (Å²) in [7, 11) is 0. The van der Waals surface area contributed by atoms with Crippen LogP contribution >= 0.6 is 11.6 Å². The van der Waals surface area contributed by atoms with E-state index in [1.54, 1.807) is 35.2 Å². The topological polar surface area (TPSA) is 104 Å². The Morgan fingerprint density at radius 1 is 1.23 bits per heavy atom. The fourth-order valence-corrected chi connectivity index (χ4v) is 3.87. The van der Waals surface area contributed by atoms with Gasteiger partial charge in [0.2, 0.25) is 0 Å². The molecule has 0 bridgehead atoms. The number of hydrogen-bond acceptors (Lipinski definition) is 4. The molecule has 1 aliphatic heterocycles. The first-order chi connectivity index (χ1) is 15.0. The number of amides is 2. The summed E-state index contributed by atoms with van der Waals surface area (Å²) in [6.45, 7) is 3.46. The number of nitrogens with one attached hydrogen (secondary N) is 2. The van der Waals surface area contributed by atoms with Gasteiger partial charge in [-0.2, -0.15) is 0 Å². The monoisotopic (exact) mass is 437 g/mol. The minimum Gasteiger partial charge on any atom is -0.342 e. The molecule has 31 heavy (non-hydrogen) atoms. The molecule has 0 unspecified atom stereocenters. The number of carbonyl (C=O) groups excluding carboxylic acids is 2. The number of fused-ring (bicyclic) bond motifs is 1. The quantitative estimate of drug-likeness (QED) is 0.514. The highest BCUT2D eigenvalue weighted by atomic mass is 35.5. The van der Waals surface area contributed by atoms with Crippen molar-refractivity contribution in [2.45, 2.75) is 19.4 Å². The average Bonchev–Trinajstić information content (AvgIpc) is 3.42. The largest absolute Gasteiger partial charge is 0.342 e. The summed E-state index contributed by atoms with van der Waals surface area (Å²) < 4.78 is 0. The maximum absolute atomic E-state index is 12.9. The van der Waals surface area contributed by atoms with Crippen LogP contribution in [0, 0.1) is 6.92 Å². The van der Waals surface area contributed by atoms with E-state index in [1.165, 1.54) is 0 Å². The molecule has 8 heteroatoms. The number of nitrogens with zero attached hydrogens (tertiary/aromatic N) is 2. The van der Waals surface area contributed by atoms with Crippen molar-refractivity contribution in [3.05, 3.63) is 76.1 Å². The normalized spacial score (nSPS) is 14.2. The molecule has 3 aromatic rings. The zero-order valence-electron chi connectivity index (χ0n) is 17.2. The number of nitrogens with two attached hydrogens (primary N) is 1. The van der Waals surface area contributed by atoms with E-state index in [9.17, 15) is 9.59 Å². The van der Waals surface area contributed by atoms with Crippen LogP contribution < -0.4 is 11.1 Å². The minimum atomic E-state index is -0.374. The molecule has 160 valence electrons. The molecule has 2 amide bonds. The van der Waals surface area contributed by atoms with Gasteiger partial charge in [0.1, 0.15) is 5.82 Å². The Bertz CT molecular complexity index is 1160. The van der Waals surface area contributed by atoms with E-state index in [-0.39, 0.29) is 17.9 Å². The molecule has 4 rings (SSSR count). The number of aromatic amines is 1. The Hall–Kier alpha value is -3.16. The highest BCUT2D eigenvalue weighted by Gasteiger charge is 2.22. The molecule has 0 saturated heterocycles. The van der Waals surface area contributed by atoms with E-state index < -0.39 is 0 Å². The SMILES string of the molecule is Cc1cc(C(=O)N[C@@H](CCN)c2nc3cc(Cl)ccc3[nH]2)ccc1C(=O)N1CC=CC1. The van der Waals surface area contributed by atoms with Crippen LogP contribution in [-0.4, -0.2) is 46.3 Å². The Morgan fingerprint density at radius 2 is 2.00 bits per heavy atom. The van der Waals surface area contributed by atoms with Gasteiger partial charge < -0.3 is 20.9 Å². The van der Waals surface area contributed by atoms with Crippen LogP contribution in [0.5, 0.6) is 0 Å². The van der Waals surface area contributed by atoms with Gasteiger partial charge in [-0.3, -0.25) is 9.59 Å². The first-order valence-corrected chi connectivity index (χ1v) is 10.5. The number of aryl methyl sites for hydroxylation is 1. The molecule has 0 saturated carbocycles. The molecule has 4 N–H and O–H groups in total. The van der Waals surface area contributed by atoms with E-state index in [0.29, 0.717) is 48.0 Å². The van der Waals surface area contributed by atoms with E-state index in [1.807, 2.05) is 25.1 Å². The van der Waals surface area contributed by atoms with Crippen LogP contribution in [0.15, 0.2) is 48.6 Å². The number of halogens is 1. The molecule has 2 aromatic carbocycles. The number of hydrogen-bond donors (Lipinski definition) is 3. The summed E-state index contributed by atoms with van der Waals surface area (Å²) >= 11 is 6.05. The molecule has 0 fully saturated rings. The Labute approximate surface area is 185 Å². The Morgan fingerprint density at radius 3 is 2.71 bits per heavy atom. The summed E-state index contributed by atoms with van der Waals surface area (Å²) in [5.41, 5.74) is 9.19. The molecular weight excluding hydrogens is 414 g/mol. The summed E-state index contributed by atoms with van der Waals surface area (Å²) in [6.07, 6.45) is 4.47. The molecule has 2 heterocycles. The summed E-state index contributed by atoms with van der Waals surface area (Å²) in [6, 6.07) is 10.2. The number of H-pyrrole nitrogens is 1. The highest BCUT2D eigenvalue weighted by Crippen LogP contribution is 2.22. The standard InChI is InChI=1S/C23H24ClN5O2/c1-14-12-15(4-6-17(14)23(31)29-10-2-3-11-29)22(30)28-19(8-9-25)21-26-18-7-5-16(24)13-20(18)27-21/h2-7,12-13,19H,8-11,25H2,1H3,(H,26,27)(H,28,30)/t19-/m0/s1. The van der Waals surface area contributed by atoms with Crippen molar-refractivity contribution in [2.75, 3.05) is 19.6 Å². The number of rotatable bonds is 6. The van der Waals surface area contributed by atoms with Gasteiger partial charge in [-0.1, -0.05) is 23.8 Å². The Balaban J connectivity index is 1.53. The van der Waals surface area contributed by atoms with Gasteiger partial charge in [-0.25, -0.2) is 4.98 Å². The molecule has 0 aliphatic carbocycles. The van der Waals surface area contributed by atoms with Gasteiger partial charge in [0.15, 0.2) is 0 Å². The third kappa shape index (κ3) is 4.47. The highest BCUT2D eigenvalue weighted by molar-refractivity contribution is 6.31. The lowest BCUT2D eigenvalue weighted by molar-refractivity contribution is 0.0798. The minimum absolute atomic E-state index is 0.0311. The number of carbonyl (C=O) groups is 2. The van der Waals surface area contributed by atoms with Gasteiger partial charge in [-0.05, 0) is 61.9 Å². The van der Waals surface area contributed by atoms with Crippen molar-refractivity contribution in [1.82, 2.24) is 20.2 Å². The second kappa shape index (κ2) is 8.91. The number of benzene rings is 2. The lowest BCUT2D eigenvalue weighted by Gasteiger charge is -2.18. The van der Waals surface area contributed by atoms with Crippen molar-refractivity contribution in [2.24, 2.45) is 5.73 Å². The molecule has 1 atom stereocenters. The predicted molar refractivity (Wildman–Crippen MR) is 121 cm³/mol. The molecular formula is C23H24ClN5O2. The van der Waals surface area contributed by atoms with Gasteiger partial charge in [-0.15, -0.1) is 0 Å². The third-order valence-corrected chi connectivity index (χ3v) is 5.61. The lowest BCUT2D eigenvalue weighted by atomic mass is 10.0. The van der Waals surface area contributed by atoms with E-state index in [4.69, 9.17) is 17.3 Å². The maximum Gasteiger partial charge on any atom is 0.254 e. The van der Waals surface area contributed by atoms with Gasteiger partial charge >= 0.3 is 0 Å². The van der Waals surface area contributed by atoms with Crippen LogP contribution in [0.2, 0.25) is 5.02 Å². The number of imidazole rings is 1.